The molecule has 0 aliphatic rings. The zero-order valence-corrected chi connectivity index (χ0v) is 16.3. The number of hydrogen-bond acceptors (Lipinski definition) is 3. The summed E-state index contributed by atoms with van der Waals surface area (Å²) in [6.07, 6.45) is -3.25. The van der Waals surface area contributed by atoms with E-state index in [1.807, 2.05) is 6.92 Å². The molecule has 2 aromatic carbocycles. The first-order valence-corrected chi connectivity index (χ1v) is 9.61. The summed E-state index contributed by atoms with van der Waals surface area (Å²) >= 11 is 1.27. The van der Waals surface area contributed by atoms with Crippen molar-refractivity contribution in [3.8, 4) is 0 Å². The van der Waals surface area contributed by atoms with Crippen molar-refractivity contribution in [1.29, 1.82) is 0 Å². The number of rotatable bonds is 7. The Morgan fingerprint density at radius 2 is 1.71 bits per heavy atom. The number of benzene rings is 2. The molecule has 0 bridgehead atoms. The molecule has 2 N–H and O–H groups in total. The van der Waals surface area contributed by atoms with Gasteiger partial charge in [0.05, 0.1) is 10.8 Å². The maximum Gasteiger partial charge on any atom is 0.416 e. The number of halogens is 3. The molecule has 2 aromatic rings. The van der Waals surface area contributed by atoms with Gasteiger partial charge in [-0.3, -0.25) is 9.59 Å². The van der Waals surface area contributed by atoms with Crippen LogP contribution in [-0.2, 0) is 15.8 Å². The quantitative estimate of drug-likeness (QED) is 0.587. The molecule has 0 saturated heterocycles. The standard InChI is InChI=1S/C20H21F3N2O2S/c1-3-5-18(26)24-15-8-10-17(11-9-15)28-13(2)19(27)25-16-7-4-6-14(12-16)20(21,22)23/h4,6-13H,3,5H2,1-2H3,(H,24,26)(H,25,27). The molecule has 0 aromatic heterocycles. The van der Waals surface area contributed by atoms with Crippen molar-refractivity contribution in [2.45, 2.75) is 43.0 Å². The van der Waals surface area contributed by atoms with Gasteiger partial charge in [-0.25, -0.2) is 0 Å². The van der Waals surface area contributed by atoms with Crippen molar-refractivity contribution in [3.05, 3.63) is 54.1 Å². The molecule has 8 heteroatoms. The van der Waals surface area contributed by atoms with Gasteiger partial charge in [0, 0.05) is 22.7 Å². The van der Waals surface area contributed by atoms with Crippen LogP contribution >= 0.6 is 11.8 Å². The lowest BCUT2D eigenvalue weighted by atomic mass is 10.2. The Bertz CT molecular complexity index is 823. The summed E-state index contributed by atoms with van der Waals surface area (Å²) in [5.74, 6) is -0.457. The molecule has 0 fully saturated rings. The van der Waals surface area contributed by atoms with Gasteiger partial charge in [-0.1, -0.05) is 13.0 Å². The SMILES string of the molecule is CCCC(=O)Nc1ccc(SC(C)C(=O)Nc2cccc(C(F)(F)F)c2)cc1. The fraction of sp³-hybridized carbons (Fsp3) is 0.300. The molecule has 2 rings (SSSR count). The second-order valence-corrected chi connectivity index (χ2v) is 7.56. The number of anilines is 2. The van der Waals surface area contributed by atoms with E-state index in [-0.39, 0.29) is 11.6 Å². The summed E-state index contributed by atoms with van der Waals surface area (Å²) < 4.78 is 38.3. The monoisotopic (exact) mass is 410 g/mol. The minimum atomic E-state index is -4.46. The summed E-state index contributed by atoms with van der Waals surface area (Å²) in [5.41, 5.74) is -0.0450. The van der Waals surface area contributed by atoms with Crippen molar-refractivity contribution in [1.82, 2.24) is 0 Å². The number of hydrogen-bond donors (Lipinski definition) is 2. The molecule has 1 unspecified atom stereocenters. The van der Waals surface area contributed by atoms with E-state index in [4.69, 9.17) is 0 Å². The topological polar surface area (TPSA) is 58.2 Å². The maximum atomic E-state index is 12.8. The minimum absolute atomic E-state index is 0.0586. The van der Waals surface area contributed by atoms with E-state index >= 15 is 0 Å². The third kappa shape index (κ3) is 6.60. The molecule has 0 saturated carbocycles. The maximum absolute atomic E-state index is 12.8. The average molecular weight is 410 g/mol. The highest BCUT2D eigenvalue weighted by atomic mass is 32.2. The summed E-state index contributed by atoms with van der Waals surface area (Å²) in [7, 11) is 0. The average Bonchev–Trinajstić information content (AvgIpc) is 2.63. The molecule has 4 nitrogen and oxygen atoms in total. The Morgan fingerprint density at radius 1 is 1.04 bits per heavy atom. The van der Waals surface area contributed by atoms with Gasteiger partial charge in [-0.2, -0.15) is 13.2 Å². The van der Waals surface area contributed by atoms with Crippen LogP contribution in [0.1, 0.15) is 32.3 Å². The van der Waals surface area contributed by atoms with Gasteiger partial charge in [0.2, 0.25) is 11.8 Å². The van der Waals surface area contributed by atoms with Crippen molar-refractivity contribution < 1.29 is 22.8 Å². The first-order valence-electron chi connectivity index (χ1n) is 8.73. The molecule has 0 spiro atoms. The number of carbonyl (C=O) groups excluding carboxylic acids is 2. The highest BCUT2D eigenvalue weighted by Crippen LogP contribution is 2.31. The van der Waals surface area contributed by atoms with Crippen LogP contribution in [-0.4, -0.2) is 17.1 Å². The molecule has 0 heterocycles. The van der Waals surface area contributed by atoms with E-state index in [9.17, 15) is 22.8 Å². The third-order valence-electron chi connectivity index (χ3n) is 3.75. The Morgan fingerprint density at radius 3 is 2.32 bits per heavy atom. The van der Waals surface area contributed by atoms with Crippen LogP contribution < -0.4 is 10.6 Å². The third-order valence-corrected chi connectivity index (χ3v) is 4.87. The van der Waals surface area contributed by atoms with Gasteiger partial charge in [0.15, 0.2) is 0 Å². The molecule has 2 amide bonds. The Labute approximate surface area is 165 Å². The molecular formula is C20H21F3N2O2S. The lowest BCUT2D eigenvalue weighted by Crippen LogP contribution is -2.22. The largest absolute Gasteiger partial charge is 0.416 e. The van der Waals surface area contributed by atoms with Gasteiger partial charge >= 0.3 is 6.18 Å². The molecule has 0 radical (unpaired) electrons. The van der Waals surface area contributed by atoms with E-state index in [0.29, 0.717) is 12.1 Å². The van der Waals surface area contributed by atoms with Crippen LogP contribution in [0.3, 0.4) is 0 Å². The van der Waals surface area contributed by atoms with Gasteiger partial charge < -0.3 is 10.6 Å². The van der Waals surface area contributed by atoms with Crippen LogP contribution in [0, 0.1) is 0 Å². The second kappa shape index (κ2) is 9.64. The fourth-order valence-electron chi connectivity index (χ4n) is 2.34. The minimum Gasteiger partial charge on any atom is -0.326 e. The number of thioether (sulfide) groups is 1. The van der Waals surface area contributed by atoms with Gasteiger partial charge in [0.25, 0.3) is 0 Å². The highest BCUT2D eigenvalue weighted by molar-refractivity contribution is 8.00. The van der Waals surface area contributed by atoms with Gasteiger partial charge in [-0.05, 0) is 55.8 Å². The first kappa shape index (κ1) is 21.8. The summed E-state index contributed by atoms with van der Waals surface area (Å²) in [6.45, 7) is 3.59. The van der Waals surface area contributed by atoms with Crippen molar-refractivity contribution in [3.63, 3.8) is 0 Å². The first-order chi connectivity index (χ1) is 13.2. The van der Waals surface area contributed by atoms with Crippen molar-refractivity contribution in [2.24, 2.45) is 0 Å². The smallest absolute Gasteiger partial charge is 0.326 e. The van der Waals surface area contributed by atoms with Crippen LogP contribution in [0.2, 0.25) is 0 Å². The predicted molar refractivity (Wildman–Crippen MR) is 105 cm³/mol. The molecule has 28 heavy (non-hydrogen) atoms. The van der Waals surface area contributed by atoms with Crippen molar-refractivity contribution in [2.75, 3.05) is 10.6 Å². The van der Waals surface area contributed by atoms with Gasteiger partial charge in [-0.15, -0.1) is 11.8 Å². The number of alkyl halides is 3. The summed E-state index contributed by atoms with van der Waals surface area (Å²) in [4.78, 5) is 24.7. The fourth-order valence-corrected chi connectivity index (χ4v) is 3.21. The van der Waals surface area contributed by atoms with E-state index in [2.05, 4.69) is 10.6 Å². The predicted octanol–water partition coefficient (Wildman–Crippen LogP) is 5.56. The van der Waals surface area contributed by atoms with Crippen LogP contribution in [0.4, 0.5) is 24.5 Å². The van der Waals surface area contributed by atoms with Gasteiger partial charge in [0.1, 0.15) is 0 Å². The normalized spacial score (nSPS) is 12.3. The molecule has 1 atom stereocenters. The Balaban J connectivity index is 1.94. The lowest BCUT2D eigenvalue weighted by molar-refractivity contribution is -0.137. The highest BCUT2D eigenvalue weighted by Gasteiger charge is 2.30. The molecule has 0 aliphatic carbocycles. The zero-order chi connectivity index (χ0) is 20.7. The van der Waals surface area contributed by atoms with Crippen LogP contribution in [0.5, 0.6) is 0 Å². The Hall–Kier alpha value is -2.48. The lowest BCUT2D eigenvalue weighted by Gasteiger charge is -2.14. The van der Waals surface area contributed by atoms with E-state index in [1.165, 1.54) is 23.9 Å². The van der Waals surface area contributed by atoms with E-state index in [1.54, 1.807) is 31.2 Å². The Kier molecular flexibility index (Phi) is 7.51. The van der Waals surface area contributed by atoms with Crippen molar-refractivity contribution >= 4 is 35.0 Å². The van der Waals surface area contributed by atoms with E-state index < -0.39 is 22.9 Å². The number of nitrogens with one attached hydrogen (secondary N) is 2. The van der Waals surface area contributed by atoms with Crippen LogP contribution in [0.15, 0.2) is 53.4 Å². The van der Waals surface area contributed by atoms with E-state index in [0.717, 1.165) is 23.4 Å². The van der Waals surface area contributed by atoms with Crippen LogP contribution in [0.25, 0.3) is 0 Å². The molecule has 0 aliphatic heterocycles. The number of amides is 2. The molecule has 150 valence electrons. The molecular weight excluding hydrogens is 389 g/mol. The number of carbonyl (C=O) groups is 2. The summed E-state index contributed by atoms with van der Waals surface area (Å²) in [6, 6.07) is 11.6. The zero-order valence-electron chi connectivity index (χ0n) is 15.5. The second-order valence-electron chi connectivity index (χ2n) is 6.15. The summed E-state index contributed by atoms with van der Waals surface area (Å²) in [5, 5.41) is 4.77.